The minimum Gasteiger partial charge on any atom is -0.486 e. The van der Waals surface area contributed by atoms with E-state index in [0.29, 0.717) is 49.6 Å². The Kier molecular flexibility index (Phi) is 8.52. The lowest BCUT2D eigenvalue weighted by atomic mass is 10.1. The highest BCUT2D eigenvalue weighted by atomic mass is 32.2. The Morgan fingerprint density at radius 2 is 2.00 bits per heavy atom. The van der Waals surface area contributed by atoms with Gasteiger partial charge in [-0.05, 0) is 37.9 Å². The van der Waals surface area contributed by atoms with Crippen LogP contribution in [0.3, 0.4) is 0 Å². The fourth-order valence-electron chi connectivity index (χ4n) is 4.97. The molecule has 2 atom stereocenters. The molecule has 2 aromatic heterocycles. The Labute approximate surface area is 239 Å². The normalized spacial score (nSPS) is 18.2. The van der Waals surface area contributed by atoms with Crippen LogP contribution in [-0.4, -0.2) is 101 Å². The van der Waals surface area contributed by atoms with Crippen molar-refractivity contribution in [2.45, 2.75) is 24.4 Å². The van der Waals surface area contributed by atoms with E-state index in [2.05, 4.69) is 26.8 Å². The minimum atomic E-state index is -3.74. The number of fused-ring (bicyclic) bond motifs is 1. The molecule has 0 bridgehead atoms. The zero-order valence-corrected chi connectivity index (χ0v) is 23.9. The predicted octanol–water partition coefficient (Wildman–Crippen LogP) is 1.03. The fraction of sp³-hybridized carbons (Fsp3) is 0.407. The molecule has 1 aromatic carbocycles. The van der Waals surface area contributed by atoms with Crippen LogP contribution in [0.1, 0.15) is 12.0 Å². The molecule has 14 heteroatoms. The number of ether oxygens (including phenoxy) is 2. The topological polar surface area (TPSA) is 135 Å². The van der Waals surface area contributed by atoms with Gasteiger partial charge in [0.2, 0.25) is 21.9 Å². The van der Waals surface area contributed by atoms with Crippen LogP contribution in [0, 0.1) is 0 Å². The highest BCUT2D eigenvalue weighted by molar-refractivity contribution is 7.89. The van der Waals surface area contributed by atoms with Crippen molar-refractivity contribution in [3.05, 3.63) is 67.4 Å². The number of rotatable bonds is 10. The summed E-state index contributed by atoms with van der Waals surface area (Å²) >= 11 is 0. The van der Waals surface area contributed by atoms with Gasteiger partial charge in [-0.1, -0.05) is 12.1 Å². The van der Waals surface area contributed by atoms with Gasteiger partial charge in [-0.15, -0.1) is 6.58 Å². The smallest absolute Gasteiger partial charge is 0.236 e. The van der Waals surface area contributed by atoms with Gasteiger partial charge in [0.1, 0.15) is 30.7 Å². The summed E-state index contributed by atoms with van der Waals surface area (Å²) in [4.78, 5) is 29.9. The first-order valence-electron chi connectivity index (χ1n) is 13.3. The number of hydrogen-bond donors (Lipinski definition) is 1. The summed E-state index contributed by atoms with van der Waals surface area (Å²) in [5.74, 6) is 2.14. The molecular formula is C27H34N8O5S. The van der Waals surface area contributed by atoms with E-state index in [-0.39, 0.29) is 25.4 Å². The Morgan fingerprint density at radius 1 is 1.20 bits per heavy atom. The summed E-state index contributed by atoms with van der Waals surface area (Å²) in [5, 5.41) is 2.08. The van der Waals surface area contributed by atoms with Gasteiger partial charge in [0.25, 0.3) is 0 Å². The second-order valence-corrected chi connectivity index (χ2v) is 12.0. The highest BCUT2D eigenvalue weighted by Gasteiger charge is 2.39. The van der Waals surface area contributed by atoms with Gasteiger partial charge in [-0.2, -0.15) is 9.29 Å². The third kappa shape index (κ3) is 6.34. The number of anilines is 1. The Bertz CT molecular complexity index is 1480. The zero-order chi connectivity index (χ0) is 29.0. The largest absolute Gasteiger partial charge is 0.486 e. The maximum absolute atomic E-state index is 13.5. The van der Waals surface area contributed by atoms with E-state index in [9.17, 15) is 13.2 Å². The van der Waals surface area contributed by atoms with Crippen LogP contribution in [0.5, 0.6) is 11.5 Å². The molecule has 5 rings (SSSR count). The van der Waals surface area contributed by atoms with E-state index >= 15 is 0 Å². The number of carbonyl (C=O) groups excluding carboxylic acids is 1. The van der Waals surface area contributed by atoms with Gasteiger partial charge in [0.15, 0.2) is 11.5 Å². The highest BCUT2D eigenvalue weighted by Crippen LogP contribution is 2.31. The van der Waals surface area contributed by atoms with Gasteiger partial charge >= 0.3 is 0 Å². The number of benzene rings is 1. The molecule has 0 radical (unpaired) electrons. The first kappa shape index (κ1) is 28.5. The van der Waals surface area contributed by atoms with Gasteiger partial charge in [-0.3, -0.25) is 14.3 Å². The van der Waals surface area contributed by atoms with Crippen LogP contribution in [0.2, 0.25) is 0 Å². The maximum Gasteiger partial charge on any atom is 0.236 e. The molecule has 4 heterocycles. The van der Waals surface area contributed by atoms with E-state index < -0.39 is 21.4 Å². The number of aromatic nitrogens is 4. The number of likely N-dealkylation sites (N-methyl/N-ethyl adjacent to an activating group) is 1. The lowest BCUT2D eigenvalue weighted by Crippen LogP contribution is -2.58. The van der Waals surface area contributed by atoms with Crippen LogP contribution in [-0.2, 0) is 21.4 Å². The maximum atomic E-state index is 13.5. The van der Waals surface area contributed by atoms with Crippen LogP contribution in [0.15, 0.2) is 61.8 Å². The molecule has 0 spiro atoms. The summed E-state index contributed by atoms with van der Waals surface area (Å²) in [6, 6.07) is 6.85. The summed E-state index contributed by atoms with van der Waals surface area (Å²) in [6.45, 7) is 5.70. The molecule has 1 N–H and O–H groups in total. The van der Waals surface area contributed by atoms with E-state index in [1.54, 1.807) is 54.5 Å². The molecule has 2 aliphatic rings. The molecule has 1 saturated heterocycles. The Hall–Kier alpha value is -4.01. The van der Waals surface area contributed by atoms with Crippen LogP contribution < -0.4 is 19.7 Å². The molecule has 2 unspecified atom stereocenters. The standard InChI is InChI=1S/C27H34N8O5S/c1-4-26(32(2)3)41(37,38)34-11-12-35(24-7-8-29-27(31-24)33-10-9-28-19-33)21(18-34)16-25(36)30-17-20-5-6-22-23(15-20)40-14-13-39-22/h4-10,15,19,21,26H,1,11-14,16-18H2,2-3H3,(H,30,36). The number of piperazine rings is 1. The van der Waals surface area contributed by atoms with Crippen molar-refractivity contribution in [3.63, 3.8) is 0 Å². The minimum absolute atomic E-state index is 0.0572. The summed E-state index contributed by atoms with van der Waals surface area (Å²) in [5.41, 5.74) is 0.868. The molecule has 13 nitrogen and oxygen atoms in total. The van der Waals surface area contributed by atoms with E-state index in [1.807, 2.05) is 23.1 Å². The average molecular weight is 583 g/mol. The van der Waals surface area contributed by atoms with Gasteiger partial charge < -0.3 is 19.7 Å². The van der Waals surface area contributed by atoms with E-state index in [4.69, 9.17) is 9.47 Å². The van der Waals surface area contributed by atoms with E-state index in [1.165, 1.54) is 10.4 Å². The number of sulfonamides is 1. The second kappa shape index (κ2) is 12.2. The van der Waals surface area contributed by atoms with Crippen molar-refractivity contribution in [2.75, 3.05) is 51.8 Å². The van der Waals surface area contributed by atoms with Crippen molar-refractivity contribution < 1.29 is 22.7 Å². The first-order chi connectivity index (χ1) is 19.8. The number of carbonyl (C=O) groups is 1. The van der Waals surface area contributed by atoms with Gasteiger partial charge in [-0.25, -0.2) is 18.4 Å². The molecule has 0 saturated carbocycles. The summed E-state index contributed by atoms with van der Waals surface area (Å²) in [7, 11) is -0.352. The monoisotopic (exact) mass is 582 g/mol. The average Bonchev–Trinajstić information content (AvgIpc) is 3.51. The third-order valence-corrected chi connectivity index (χ3v) is 9.27. The zero-order valence-electron chi connectivity index (χ0n) is 23.1. The van der Waals surface area contributed by atoms with Gasteiger partial charge in [0, 0.05) is 51.2 Å². The van der Waals surface area contributed by atoms with Crippen molar-refractivity contribution in [2.24, 2.45) is 0 Å². The predicted molar refractivity (Wildman–Crippen MR) is 152 cm³/mol. The molecule has 1 fully saturated rings. The SMILES string of the molecule is C=CC(N(C)C)S(=O)(=O)N1CCN(c2ccnc(-n3ccnc3)n2)C(CC(=O)NCc2ccc3c(c2)OCCO3)C1. The van der Waals surface area contributed by atoms with Crippen molar-refractivity contribution in [1.29, 1.82) is 0 Å². The van der Waals surface area contributed by atoms with Crippen molar-refractivity contribution in [3.8, 4) is 17.4 Å². The molecule has 2 aliphatic heterocycles. The Balaban J connectivity index is 1.35. The van der Waals surface area contributed by atoms with Crippen LogP contribution >= 0.6 is 0 Å². The number of imidazole rings is 1. The van der Waals surface area contributed by atoms with Crippen molar-refractivity contribution >= 4 is 21.7 Å². The van der Waals surface area contributed by atoms with Crippen LogP contribution in [0.4, 0.5) is 5.82 Å². The van der Waals surface area contributed by atoms with Gasteiger partial charge in [0.05, 0.1) is 6.04 Å². The number of nitrogens with zero attached hydrogens (tertiary/aromatic N) is 7. The van der Waals surface area contributed by atoms with E-state index in [0.717, 1.165) is 5.56 Å². The molecular weight excluding hydrogens is 548 g/mol. The van der Waals surface area contributed by atoms with Crippen molar-refractivity contribution in [1.82, 2.24) is 34.0 Å². The molecule has 218 valence electrons. The lowest BCUT2D eigenvalue weighted by Gasteiger charge is -2.42. The number of amides is 1. The molecule has 1 amide bonds. The third-order valence-electron chi connectivity index (χ3n) is 7.00. The van der Waals surface area contributed by atoms with Crippen LogP contribution in [0.25, 0.3) is 5.95 Å². The molecule has 0 aliphatic carbocycles. The number of nitrogens with one attached hydrogen (secondary N) is 1. The summed E-state index contributed by atoms with van der Waals surface area (Å²) < 4.78 is 41.4. The lowest BCUT2D eigenvalue weighted by molar-refractivity contribution is -0.121. The number of hydrogen-bond acceptors (Lipinski definition) is 10. The Morgan fingerprint density at radius 3 is 2.73 bits per heavy atom. The fourth-order valence-corrected chi connectivity index (χ4v) is 6.77. The second-order valence-electron chi connectivity index (χ2n) is 9.98. The molecule has 3 aromatic rings. The summed E-state index contributed by atoms with van der Waals surface area (Å²) in [6.07, 6.45) is 8.08. The quantitative estimate of drug-likeness (QED) is 0.346. The molecule has 41 heavy (non-hydrogen) atoms. The first-order valence-corrected chi connectivity index (χ1v) is 14.8.